The summed E-state index contributed by atoms with van der Waals surface area (Å²) in [4.78, 5) is 12.0. The highest BCUT2D eigenvalue weighted by Gasteiger charge is 2.09. The molecule has 0 aliphatic heterocycles. The van der Waals surface area contributed by atoms with Crippen molar-refractivity contribution in [2.24, 2.45) is 0 Å². The topological polar surface area (TPSA) is 29.1 Å². The summed E-state index contributed by atoms with van der Waals surface area (Å²) in [5, 5.41) is 2.98. The Morgan fingerprint density at radius 1 is 1.35 bits per heavy atom. The number of carbonyl (C=O) groups excluding carboxylic acids is 1. The minimum Gasteiger partial charge on any atom is -0.326 e. The third-order valence-electron chi connectivity index (χ3n) is 2.67. The molecule has 1 unspecified atom stereocenters. The van der Waals surface area contributed by atoms with E-state index in [1.165, 1.54) is 0 Å². The molecule has 0 spiro atoms. The van der Waals surface area contributed by atoms with Crippen LogP contribution < -0.4 is 5.32 Å². The molecule has 1 rings (SSSR count). The number of carbonyl (C=O) groups is 1. The van der Waals surface area contributed by atoms with Crippen molar-refractivity contribution in [1.29, 1.82) is 0 Å². The normalized spacial score (nSPS) is 12.2. The van der Waals surface area contributed by atoms with E-state index in [1.54, 1.807) is 0 Å². The lowest BCUT2D eigenvalue weighted by Crippen LogP contribution is -2.12. The van der Waals surface area contributed by atoms with Gasteiger partial charge < -0.3 is 5.32 Å². The molecule has 0 aromatic heterocycles. The number of halogens is 1. The lowest BCUT2D eigenvalue weighted by atomic mass is 10.1. The fourth-order valence-electron chi connectivity index (χ4n) is 1.71. The van der Waals surface area contributed by atoms with Crippen LogP contribution in [0.2, 0.25) is 0 Å². The van der Waals surface area contributed by atoms with Gasteiger partial charge in [-0.05, 0) is 25.0 Å². The molecule has 0 saturated heterocycles. The van der Waals surface area contributed by atoms with E-state index < -0.39 is 0 Å². The molecule has 0 saturated carbocycles. The molecule has 1 N–H and O–H groups in total. The standard InChI is InChI=1S/C14H20BrNO/c1-3-4-5-10-14(17)16-13-9-7-6-8-12(13)11(2)15/h6-9,11H,3-5,10H2,1-2H3,(H,16,17). The van der Waals surface area contributed by atoms with Crippen molar-refractivity contribution in [2.45, 2.75) is 44.4 Å². The summed E-state index contributed by atoms with van der Waals surface area (Å²) in [6.45, 7) is 4.20. The van der Waals surface area contributed by atoms with Crippen molar-refractivity contribution in [3.8, 4) is 0 Å². The maximum Gasteiger partial charge on any atom is 0.224 e. The van der Waals surface area contributed by atoms with Crippen LogP contribution in [0.3, 0.4) is 0 Å². The van der Waals surface area contributed by atoms with Crippen LogP contribution in [0.25, 0.3) is 0 Å². The second-order valence-electron chi connectivity index (χ2n) is 4.21. The monoisotopic (exact) mass is 297 g/mol. The average molecular weight is 298 g/mol. The van der Waals surface area contributed by atoms with E-state index in [9.17, 15) is 4.79 Å². The van der Waals surface area contributed by atoms with Crippen molar-refractivity contribution in [1.82, 2.24) is 0 Å². The molecule has 0 radical (unpaired) electrons. The Kier molecular flexibility index (Phi) is 6.27. The van der Waals surface area contributed by atoms with Crippen molar-refractivity contribution < 1.29 is 4.79 Å². The molecular weight excluding hydrogens is 278 g/mol. The van der Waals surface area contributed by atoms with Gasteiger partial charge in [-0.1, -0.05) is 53.9 Å². The third kappa shape index (κ3) is 4.90. The van der Waals surface area contributed by atoms with E-state index >= 15 is 0 Å². The molecule has 2 nitrogen and oxygen atoms in total. The Balaban J connectivity index is 2.58. The molecule has 0 aliphatic rings. The van der Waals surface area contributed by atoms with Crippen LogP contribution in [0, 0.1) is 0 Å². The first-order chi connectivity index (χ1) is 8.15. The predicted octanol–water partition coefficient (Wildman–Crippen LogP) is 4.66. The van der Waals surface area contributed by atoms with Gasteiger partial charge in [-0.3, -0.25) is 4.79 Å². The van der Waals surface area contributed by atoms with Crippen LogP contribution in [-0.4, -0.2) is 5.91 Å². The van der Waals surface area contributed by atoms with Crippen molar-refractivity contribution in [2.75, 3.05) is 5.32 Å². The van der Waals surface area contributed by atoms with Crippen LogP contribution in [-0.2, 0) is 4.79 Å². The summed E-state index contributed by atoms with van der Waals surface area (Å²) in [6.07, 6.45) is 3.83. The fourth-order valence-corrected chi connectivity index (χ4v) is 2.11. The zero-order valence-corrected chi connectivity index (χ0v) is 12.1. The van der Waals surface area contributed by atoms with Crippen molar-refractivity contribution in [3.05, 3.63) is 29.8 Å². The summed E-state index contributed by atoms with van der Waals surface area (Å²) in [5.74, 6) is 0.110. The number of alkyl halides is 1. The lowest BCUT2D eigenvalue weighted by molar-refractivity contribution is -0.116. The van der Waals surface area contributed by atoms with Gasteiger partial charge in [0, 0.05) is 16.9 Å². The van der Waals surface area contributed by atoms with Crippen LogP contribution in [0.1, 0.15) is 49.9 Å². The molecule has 1 aromatic rings. The van der Waals surface area contributed by atoms with Gasteiger partial charge in [-0.25, -0.2) is 0 Å². The van der Waals surface area contributed by atoms with Gasteiger partial charge in [-0.2, -0.15) is 0 Å². The number of unbranched alkanes of at least 4 members (excludes halogenated alkanes) is 2. The van der Waals surface area contributed by atoms with Crippen LogP contribution in [0.4, 0.5) is 5.69 Å². The molecule has 1 amide bonds. The summed E-state index contributed by atoms with van der Waals surface area (Å²) in [5.41, 5.74) is 2.04. The summed E-state index contributed by atoms with van der Waals surface area (Å²) >= 11 is 3.54. The lowest BCUT2D eigenvalue weighted by Gasteiger charge is -2.12. The Morgan fingerprint density at radius 3 is 2.71 bits per heavy atom. The maximum atomic E-state index is 11.7. The molecule has 0 heterocycles. The first kappa shape index (κ1) is 14.2. The number of benzene rings is 1. The summed E-state index contributed by atoms with van der Waals surface area (Å²) < 4.78 is 0. The number of para-hydroxylation sites is 1. The fraction of sp³-hybridized carbons (Fsp3) is 0.500. The number of amides is 1. The highest BCUT2D eigenvalue weighted by molar-refractivity contribution is 9.09. The molecule has 0 fully saturated rings. The van der Waals surface area contributed by atoms with Gasteiger partial charge >= 0.3 is 0 Å². The van der Waals surface area contributed by atoms with Crippen LogP contribution >= 0.6 is 15.9 Å². The zero-order valence-electron chi connectivity index (χ0n) is 10.5. The van der Waals surface area contributed by atoms with Gasteiger partial charge in [-0.15, -0.1) is 0 Å². The number of rotatable bonds is 6. The number of anilines is 1. The van der Waals surface area contributed by atoms with E-state index in [-0.39, 0.29) is 10.7 Å². The molecule has 3 heteroatoms. The Labute approximate surface area is 112 Å². The average Bonchev–Trinajstić information content (AvgIpc) is 2.29. The van der Waals surface area contributed by atoms with Gasteiger partial charge in [0.15, 0.2) is 0 Å². The predicted molar refractivity (Wildman–Crippen MR) is 76.6 cm³/mol. The van der Waals surface area contributed by atoms with Crippen LogP contribution in [0.5, 0.6) is 0 Å². The van der Waals surface area contributed by atoms with E-state index in [1.807, 2.05) is 24.3 Å². The second kappa shape index (κ2) is 7.49. The van der Waals surface area contributed by atoms with Gasteiger partial charge in [0.1, 0.15) is 0 Å². The number of hydrogen-bond acceptors (Lipinski definition) is 1. The van der Waals surface area contributed by atoms with Gasteiger partial charge in [0.25, 0.3) is 0 Å². The second-order valence-corrected chi connectivity index (χ2v) is 5.58. The summed E-state index contributed by atoms with van der Waals surface area (Å²) in [6, 6.07) is 7.91. The molecule has 0 bridgehead atoms. The minimum absolute atomic E-state index is 0.110. The molecule has 17 heavy (non-hydrogen) atoms. The largest absolute Gasteiger partial charge is 0.326 e. The molecule has 1 atom stereocenters. The molecule has 94 valence electrons. The Hall–Kier alpha value is -0.830. The van der Waals surface area contributed by atoms with Crippen molar-refractivity contribution >= 4 is 27.5 Å². The zero-order chi connectivity index (χ0) is 12.7. The smallest absolute Gasteiger partial charge is 0.224 e. The Morgan fingerprint density at radius 2 is 2.06 bits per heavy atom. The highest BCUT2D eigenvalue weighted by atomic mass is 79.9. The van der Waals surface area contributed by atoms with Crippen molar-refractivity contribution in [3.63, 3.8) is 0 Å². The van der Waals surface area contributed by atoms with Crippen LogP contribution in [0.15, 0.2) is 24.3 Å². The first-order valence-corrected chi connectivity index (χ1v) is 7.09. The summed E-state index contributed by atoms with van der Waals surface area (Å²) in [7, 11) is 0. The molecule has 0 aliphatic carbocycles. The number of hydrogen-bond donors (Lipinski definition) is 1. The first-order valence-electron chi connectivity index (χ1n) is 6.18. The number of nitrogens with one attached hydrogen (secondary N) is 1. The van der Waals surface area contributed by atoms with E-state index in [0.29, 0.717) is 6.42 Å². The maximum absolute atomic E-state index is 11.7. The van der Waals surface area contributed by atoms with E-state index in [4.69, 9.17) is 0 Å². The van der Waals surface area contributed by atoms with E-state index in [0.717, 1.165) is 30.5 Å². The van der Waals surface area contributed by atoms with Gasteiger partial charge in [0.2, 0.25) is 5.91 Å². The quantitative estimate of drug-likeness (QED) is 0.600. The SMILES string of the molecule is CCCCCC(=O)Nc1ccccc1C(C)Br. The molecular formula is C14H20BrNO. The minimum atomic E-state index is 0.110. The van der Waals surface area contributed by atoms with E-state index in [2.05, 4.69) is 35.1 Å². The Bertz CT molecular complexity index is 363. The highest BCUT2D eigenvalue weighted by Crippen LogP contribution is 2.28. The van der Waals surface area contributed by atoms with Gasteiger partial charge in [0.05, 0.1) is 0 Å². The third-order valence-corrected chi connectivity index (χ3v) is 3.16. The molecule has 1 aromatic carbocycles.